The van der Waals surface area contributed by atoms with Crippen LogP contribution in [0, 0.1) is 0 Å². The standard InChI is InChI=1S/C5H11O5P/c6-4-1-2-9-5(4)3-10-11(7)8/h4-6,11H,1-3H2,(H,7,8)/t4?,5-/m1/s1. The first-order chi connectivity index (χ1) is 5.20. The van der Waals surface area contributed by atoms with Crippen molar-refractivity contribution >= 4 is 8.25 Å². The van der Waals surface area contributed by atoms with Gasteiger partial charge in [-0.3, -0.25) is 4.57 Å². The van der Waals surface area contributed by atoms with Crippen LogP contribution in [0.25, 0.3) is 0 Å². The monoisotopic (exact) mass is 182 g/mol. The first kappa shape index (κ1) is 9.16. The van der Waals surface area contributed by atoms with Crippen molar-refractivity contribution in [2.45, 2.75) is 18.6 Å². The Morgan fingerprint density at radius 1 is 1.73 bits per heavy atom. The molecule has 0 aromatic rings. The number of hydrogen-bond acceptors (Lipinski definition) is 4. The summed E-state index contributed by atoms with van der Waals surface area (Å²) in [6.07, 6.45) is -0.423. The predicted molar refractivity (Wildman–Crippen MR) is 37.5 cm³/mol. The molecular formula is C5H11O5P. The first-order valence-electron chi connectivity index (χ1n) is 3.35. The van der Waals surface area contributed by atoms with E-state index in [9.17, 15) is 4.57 Å². The Kier molecular flexibility index (Phi) is 3.48. The molecule has 66 valence electrons. The number of ether oxygens (including phenoxy) is 1. The maximum Gasteiger partial charge on any atom is 0.316 e. The zero-order valence-corrected chi connectivity index (χ0v) is 6.90. The van der Waals surface area contributed by atoms with Crippen molar-refractivity contribution in [1.29, 1.82) is 0 Å². The van der Waals surface area contributed by atoms with E-state index in [0.29, 0.717) is 13.0 Å². The van der Waals surface area contributed by atoms with Gasteiger partial charge in [0, 0.05) is 6.61 Å². The second-order valence-electron chi connectivity index (χ2n) is 2.34. The van der Waals surface area contributed by atoms with E-state index in [-0.39, 0.29) is 6.61 Å². The summed E-state index contributed by atoms with van der Waals surface area (Å²) >= 11 is 0. The zero-order valence-electron chi connectivity index (χ0n) is 5.90. The molecule has 0 amide bonds. The Balaban J connectivity index is 2.20. The van der Waals surface area contributed by atoms with Gasteiger partial charge in [0.05, 0.1) is 12.7 Å². The molecule has 1 aliphatic rings. The fourth-order valence-electron chi connectivity index (χ4n) is 0.950. The topological polar surface area (TPSA) is 76.0 Å². The minimum atomic E-state index is -2.89. The third kappa shape index (κ3) is 2.89. The fourth-order valence-corrected chi connectivity index (χ4v) is 1.26. The summed E-state index contributed by atoms with van der Waals surface area (Å²) in [6, 6.07) is 0. The molecule has 2 N–H and O–H groups in total. The SMILES string of the molecule is O=[PH](O)OC[C@H]1OCCC1O. The molecular weight excluding hydrogens is 171 g/mol. The lowest BCUT2D eigenvalue weighted by Crippen LogP contribution is -2.25. The molecule has 0 aliphatic carbocycles. The van der Waals surface area contributed by atoms with Crippen LogP contribution in [0.2, 0.25) is 0 Å². The van der Waals surface area contributed by atoms with E-state index >= 15 is 0 Å². The highest BCUT2D eigenvalue weighted by Crippen LogP contribution is 2.20. The fraction of sp³-hybridized carbons (Fsp3) is 1.00. The summed E-state index contributed by atoms with van der Waals surface area (Å²) in [5.74, 6) is 0. The predicted octanol–water partition coefficient (Wildman–Crippen LogP) is -0.465. The Morgan fingerprint density at radius 3 is 2.91 bits per heavy atom. The lowest BCUT2D eigenvalue weighted by Gasteiger charge is -2.11. The summed E-state index contributed by atoms with van der Waals surface area (Å²) in [5, 5.41) is 9.12. The molecule has 11 heavy (non-hydrogen) atoms. The zero-order chi connectivity index (χ0) is 8.27. The number of aliphatic hydroxyl groups is 1. The molecule has 3 atom stereocenters. The maximum atomic E-state index is 10.1. The molecule has 1 rings (SSSR count). The molecule has 1 heterocycles. The van der Waals surface area contributed by atoms with E-state index < -0.39 is 20.5 Å². The largest absolute Gasteiger partial charge is 0.390 e. The van der Waals surface area contributed by atoms with Crippen LogP contribution in [0.1, 0.15) is 6.42 Å². The van der Waals surface area contributed by atoms with E-state index in [1.54, 1.807) is 0 Å². The van der Waals surface area contributed by atoms with Crippen molar-refractivity contribution in [2.75, 3.05) is 13.2 Å². The third-order valence-corrected chi connectivity index (χ3v) is 1.96. The molecule has 0 aromatic heterocycles. The molecule has 1 fully saturated rings. The normalized spacial score (nSPS) is 34.0. The molecule has 0 spiro atoms. The van der Waals surface area contributed by atoms with Gasteiger partial charge in [-0.05, 0) is 6.42 Å². The van der Waals surface area contributed by atoms with Crippen molar-refractivity contribution in [3.8, 4) is 0 Å². The molecule has 0 bridgehead atoms. The van der Waals surface area contributed by atoms with Gasteiger partial charge in [-0.15, -0.1) is 0 Å². The van der Waals surface area contributed by atoms with Crippen molar-refractivity contribution in [1.82, 2.24) is 0 Å². The van der Waals surface area contributed by atoms with Crippen molar-refractivity contribution in [2.24, 2.45) is 0 Å². The van der Waals surface area contributed by atoms with Crippen LogP contribution in [0.4, 0.5) is 0 Å². The lowest BCUT2D eigenvalue weighted by molar-refractivity contribution is 0.0104. The maximum absolute atomic E-state index is 10.1. The molecule has 0 aromatic carbocycles. The molecule has 0 saturated carbocycles. The molecule has 2 unspecified atom stereocenters. The summed E-state index contributed by atoms with van der Waals surface area (Å²) in [5.41, 5.74) is 0. The van der Waals surface area contributed by atoms with Crippen molar-refractivity contribution in [3.63, 3.8) is 0 Å². The van der Waals surface area contributed by atoms with Crippen LogP contribution in [0.3, 0.4) is 0 Å². The van der Waals surface area contributed by atoms with Gasteiger partial charge < -0.3 is 19.3 Å². The Morgan fingerprint density at radius 2 is 2.45 bits per heavy atom. The summed E-state index contributed by atoms with van der Waals surface area (Å²) < 4.78 is 19.5. The van der Waals surface area contributed by atoms with Crippen LogP contribution in [-0.4, -0.2) is 35.4 Å². The highest BCUT2D eigenvalue weighted by Gasteiger charge is 2.26. The van der Waals surface area contributed by atoms with E-state index in [1.807, 2.05) is 0 Å². The molecule has 6 heteroatoms. The first-order valence-corrected chi connectivity index (χ1v) is 4.62. The smallest absolute Gasteiger partial charge is 0.316 e. The van der Waals surface area contributed by atoms with Gasteiger partial charge in [0.2, 0.25) is 0 Å². The van der Waals surface area contributed by atoms with Crippen LogP contribution < -0.4 is 0 Å². The van der Waals surface area contributed by atoms with Gasteiger partial charge in [0.25, 0.3) is 0 Å². The minimum absolute atomic E-state index is 0.00450. The summed E-state index contributed by atoms with van der Waals surface area (Å²) in [4.78, 5) is 8.29. The average molecular weight is 182 g/mol. The second-order valence-corrected chi connectivity index (χ2v) is 3.16. The van der Waals surface area contributed by atoms with Crippen molar-refractivity contribution < 1.29 is 23.8 Å². The van der Waals surface area contributed by atoms with E-state index in [1.165, 1.54) is 0 Å². The highest BCUT2D eigenvalue weighted by molar-refractivity contribution is 7.32. The molecule has 0 radical (unpaired) electrons. The van der Waals surface area contributed by atoms with Gasteiger partial charge in [-0.1, -0.05) is 0 Å². The van der Waals surface area contributed by atoms with Crippen molar-refractivity contribution in [3.05, 3.63) is 0 Å². The van der Waals surface area contributed by atoms with E-state index in [0.717, 1.165) is 0 Å². The summed E-state index contributed by atoms with van der Waals surface area (Å²) in [6.45, 7) is 0.483. The average Bonchev–Trinajstić information content (AvgIpc) is 2.31. The van der Waals surface area contributed by atoms with Crippen LogP contribution in [-0.2, 0) is 13.8 Å². The van der Waals surface area contributed by atoms with Crippen LogP contribution in [0.15, 0.2) is 0 Å². The quantitative estimate of drug-likeness (QED) is 0.577. The van der Waals surface area contributed by atoms with Gasteiger partial charge in [-0.2, -0.15) is 0 Å². The van der Waals surface area contributed by atoms with Crippen LogP contribution in [0.5, 0.6) is 0 Å². The molecule has 1 aliphatic heterocycles. The minimum Gasteiger partial charge on any atom is -0.390 e. The third-order valence-electron chi connectivity index (χ3n) is 1.55. The van der Waals surface area contributed by atoms with E-state index in [4.69, 9.17) is 14.7 Å². The molecule has 5 nitrogen and oxygen atoms in total. The summed E-state index contributed by atoms with van der Waals surface area (Å²) in [7, 11) is -2.89. The Bertz CT molecular complexity index is 150. The number of rotatable bonds is 3. The van der Waals surface area contributed by atoms with Gasteiger partial charge in [0.1, 0.15) is 6.10 Å². The number of hydrogen-bond donors (Lipinski definition) is 2. The Labute approximate surface area is 64.9 Å². The van der Waals surface area contributed by atoms with Gasteiger partial charge >= 0.3 is 8.25 Å². The van der Waals surface area contributed by atoms with Gasteiger partial charge in [0.15, 0.2) is 0 Å². The Hall–Kier alpha value is 0.0700. The lowest BCUT2D eigenvalue weighted by atomic mass is 10.2. The second kappa shape index (κ2) is 4.18. The van der Waals surface area contributed by atoms with E-state index in [2.05, 4.69) is 4.52 Å². The highest BCUT2D eigenvalue weighted by atomic mass is 31.1. The number of aliphatic hydroxyl groups excluding tert-OH is 1. The van der Waals surface area contributed by atoms with Gasteiger partial charge in [-0.25, -0.2) is 0 Å². The molecule has 1 saturated heterocycles. The van der Waals surface area contributed by atoms with Crippen LogP contribution >= 0.6 is 8.25 Å².